The molecule has 2 heterocycles. The number of carbonyl (C=O) groups is 1. The van der Waals surface area contributed by atoms with Gasteiger partial charge < -0.3 is 4.42 Å². The number of carbonyl (C=O) groups excluding carboxylic acids is 1. The van der Waals surface area contributed by atoms with E-state index in [4.69, 9.17) is 4.42 Å². The first kappa shape index (κ1) is 17.6. The summed E-state index contributed by atoms with van der Waals surface area (Å²) < 4.78 is 20.3. The van der Waals surface area contributed by atoms with Gasteiger partial charge in [-0.15, -0.1) is 0 Å². The van der Waals surface area contributed by atoms with Gasteiger partial charge in [0.15, 0.2) is 0 Å². The van der Waals surface area contributed by atoms with Gasteiger partial charge in [-0.3, -0.25) is 4.79 Å². The molecular weight excluding hydrogens is 433 g/mol. The SMILES string of the molecule is O=C(c1ccc(F)cc1)N(/N=C/c1ccco1)c1nc2ccc(Br)cc2s1. The van der Waals surface area contributed by atoms with Gasteiger partial charge in [0.25, 0.3) is 5.91 Å². The molecule has 0 saturated carbocycles. The minimum atomic E-state index is -0.420. The largest absolute Gasteiger partial charge is 0.463 e. The van der Waals surface area contributed by atoms with Gasteiger partial charge in [0.2, 0.25) is 5.13 Å². The maximum Gasteiger partial charge on any atom is 0.280 e. The van der Waals surface area contributed by atoms with Crippen molar-refractivity contribution in [1.82, 2.24) is 4.98 Å². The molecule has 27 heavy (non-hydrogen) atoms. The quantitative estimate of drug-likeness (QED) is 0.310. The van der Waals surface area contributed by atoms with Crippen LogP contribution in [0.1, 0.15) is 16.1 Å². The van der Waals surface area contributed by atoms with Crippen molar-refractivity contribution < 1.29 is 13.6 Å². The molecule has 0 unspecified atom stereocenters. The first-order valence-electron chi connectivity index (χ1n) is 7.84. The fourth-order valence-electron chi connectivity index (χ4n) is 2.36. The maximum atomic E-state index is 13.2. The molecule has 0 aliphatic carbocycles. The van der Waals surface area contributed by atoms with E-state index in [2.05, 4.69) is 26.0 Å². The summed E-state index contributed by atoms with van der Waals surface area (Å²) in [6, 6.07) is 14.4. The molecule has 0 spiro atoms. The molecule has 2 aromatic heterocycles. The number of fused-ring (bicyclic) bond motifs is 1. The smallest absolute Gasteiger partial charge is 0.280 e. The van der Waals surface area contributed by atoms with Gasteiger partial charge >= 0.3 is 0 Å². The third-order valence-corrected chi connectivity index (χ3v) is 5.13. The van der Waals surface area contributed by atoms with Gasteiger partial charge in [-0.1, -0.05) is 27.3 Å². The minimum absolute atomic E-state index is 0.299. The summed E-state index contributed by atoms with van der Waals surface area (Å²) in [5.41, 5.74) is 1.05. The van der Waals surface area contributed by atoms with Crippen molar-refractivity contribution in [1.29, 1.82) is 0 Å². The summed E-state index contributed by atoms with van der Waals surface area (Å²) in [7, 11) is 0. The molecule has 0 atom stereocenters. The standard InChI is InChI=1S/C19H11BrFN3O2S/c20-13-5-8-16-17(10-13)27-19(23-16)24(22-11-15-2-1-9-26-15)18(25)12-3-6-14(21)7-4-12/h1-11H/b22-11+. The zero-order valence-corrected chi connectivity index (χ0v) is 16.1. The van der Waals surface area contributed by atoms with E-state index >= 15 is 0 Å². The number of anilines is 1. The molecule has 0 fully saturated rings. The van der Waals surface area contributed by atoms with Crippen LogP contribution in [0.4, 0.5) is 9.52 Å². The Morgan fingerprint density at radius 1 is 1.22 bits per heavy atom. The summed E-state index contributed by atoms with van der Waals surface area (Å²) >= 11 is 4.76. The third-order valence-electron chi connectivity index (χ3n) is 3.65. The third kappa shape index (κ3) is 3.81. The van der Waals surface area contributed by atoms with Gasteiger partial charge in [0, 0.05) is 10.0 Å². The van der Waals surface area contributed by atoms with Crippen LogP contribution in [0.3, 0.4) is 0 Å². The Morgan fingerprint density at radius 2 is 2.04 bits per heavy atom. The van der Waals surface area contributed by atoms with Crippen molar-refractivity contribution in [2.45, 2.75) is 0 Å². The number of amides is 1. The van der Waals surface area contributed by atoms with E-state index in [1.54, 1.807) is 12.1 Å². The summed E-state index contributed by atoms with van der Waals surface area (Å²) in [4.78, 5) is 17.5. The molecule has 0 radical (unpaired) electrons. The van der Waals surface area contributed by atoms with Crippen molar-refractivity contribution in [3.8, 4) is 0 Å². The van der Waals surface area contributed by atoms with Crippen molar-refractivity contribution in [3.05, 3.63) is 82.5 Å². The van der Waals surface area contributed by atoms with Gasteiger partial charge in [0.05, 0.1) is 22.7 Å². The summed E-state index contributed by atoms with van der Waals surface area (Å²) in [6.45, 7) is 0. The van der Waals surface area contributed by atoms with Gasteiger partial charge in [0.1, 0.15) is 11.6 Å². The van der Waals surface area contributed by atoms with Crippen molar-refractivity contribution >= 4 is 54.7 Å². The number of aromatic nitrogens is 1. The molecule has 5 nitrogen and oxygen atoms in total. The average Bonchev–Trinajstić information content (AvgIpc) is 3.31. The maximum absolute atomic E-state index is 13.2. The Bertz CT molecular complexity index is 1120. The van der Waals surface area contributed by atoms with Crippen LogP contribution in [0.2, 0.25) is 0 Å². The highest BCUT2D eigenvalue weighted by atomic mass is 79.9. The number of rotatable bonds is 4. The Labute approximate surface area is 165 Å². The van der Waals surface area contributed by atoms with Crippen LogP contribution in [0.25, 0.3) is 10.2 Å². The first-order chi connectivity index (χ1) is 13.1. The van der Waals surface area contributed by atoms with E-state index in [1.807, 2.05) is 18.2 Å². The highest BCUT2D eigenvalue weighted by molar-refractivity contribution is 9.10. The van der Waals surface area contributed by atoms with E-state index in [0.29, 0.717) is 16.5 Å². The van der Waals surface area contributed by atoms with Crippen LogP contribution < -0.4 is 5.01 Å². The van der Waals surface area contributed by atoms with Gasteiger partial charge in [-0.2, -0.15) is 10.1 Å². The predicted octanol–water partition coefficient (Wildman–Crippen LogP) is 5.47. The Kier molecular flexibility index (Phi) is 4.83. The Morgan fingerprint density at radius 3 is 2.78 bits per heavy atom. The summed E-state index contributed by atoms with van der Waals surface area (Å²) in [6.07, 6.45) is 2.95. The van der Waals surface area contributed by atoms with E-state index in [1.165, 1.54) is 53.1 Å². The van der Waals surface area contributed by atoms with E-state index in [-0.39, 0.29) is 0 Å². The second-order valence-electron chi connectivity index (χ2n) is 5.49. The van der Waals surface area contributed by atoms with E-state index in [0.717, 1.165) is 14.7 Å². The fourth-order valence-corrected chi connectivity index (χ4v) is 3.83. The summed E-state index contributed by atoms with van der Waals surface area (Å²) in [5, 5.41) is 5.85. The number of hydrazone groups is 1. The Balaban J connectivity index is 1.76. The zero-order chi connectivity index (χ0) is 18.8. The average molecular weight is 444 g/mol. The van der Waals surface area contributed by atoms with Gasteiger partial charge in [-0.25, -0.2) is 9.37 Å². The molecule has 0 aliphatic rings. The highest BCUT2D eigenvalue weighted by Gasteiger charge is 2.21. The second-order valence-corrected chi connectivity index (χ2v) is 7.42. The lowest BCUT2D eigenvalue weighted by atomic mass is 10.2. The first-order valence-corrected chi connectivity index (χ1v) is 9.45. The molecule has 4 aromatic rings. The molecule has 2 aromatic carbocycles. The topological polar surface area (TPSA) is 58.7 Å². The molecule has 0 N–H and O–H groups in total. The number of halogens is 2. The number of furan rings is 1. The van der Waals surface area contributed by atoms with E-state index in [9.17, 15) is 9.18 Å². The molecule has 134 valence electrons. The summed E-state index contributed by atoms with van der Waals surface area (Å²) in [5.74, 6) is -0.339. The van der Waals surface area contributed by atoms with Crippen LogP contribution >= 0.6 is 27.3 Å². The number of benzene rings is 2. The molecule has 0 saturated heterocycles. The van der Waals surface area contributed by atoms with Gasteiger partial charge in [-0.05, 0) is 54.6 Å². The normalized spacial score (nSPS) is 11.3. The number of hydrogen-bond acceptors (Lipinski definition) is 5. The number of nitrogens with zero attached hydrogens (tertiary/aromatic N) is 3. The van der Waals surface area contributed by atoms with Crippen LogP contribution in [0.15, 0.2) is 74.9 Å². The number of thiazole rings is 1. The highest BCUT2D eigenvalue weighted by Crippen LogP contribution is 2.31. The lowest BCUT2D eigenvalue weighted by molar-refractivity contribution is 0.0988. The molecule has 0 bridgehead atoms. The second kappa shape index (κ2) is 7.42. The lowest BCUT2D eigenvalue weighted by Crippen LogP contribution is -2.25. The molecule has 1 amide bonds. The molecular formula is C19H11BrFN3O2S. The van der Waals surface area contributed by atoms with Crippen molar-refractivity contribution in [3.63, 3.8) is 0 Å². The van der Waals surface area contributed by atoms with Crippen LogP contribution in [0, 0.1) is 5.82 Å². The molecule has 0 aliphatic heterocycles. The van der Waals surface area contributed by atoms with Crippen molar-refractivity contribution in [2.75, 3.05) is 5.01 Å². The predicted molar refractivity (Wildman–Crippen MR) is 107 cm³/mol. The molecule has 8 heteroatoms. The fraction of sp³-hybridized carbons (Fsp3) is 0. The molecule has 4 rings (SSSR count). The zero-order valence-electron chi connectivity index (χ0n) is 13.7. The lowest BCUT2D eigenvalue weighted by Gasteiger charge is -2.13. The monoisotopic (exact) mass is 443 g/mol. The minimum Gasteiger partial charge on any atom is -0.463 e. The Hall–Kier alpha value is -2.84. The number of hydrogen-bond donors (Lipinski definition) is 0. The van der Waals surface area contributed by atoms with E-state index < -0.39 is 11.7 Å². The van der Waals surface area contributed by atoms with Crippen LogP contribution in [-0.4, -0.2) is 17.1 Å². The van der Waals surface area contributed by atoms with Crippen LogP contribution in [-0.2, 0) is 0 Å². The van der Waals surface area contributed by atoms with Crippen LogP contribution in [0.5, 0.6) is 0 Å². The van der Waals surface area contributed by atoms with Crippen molar-refractivity contribution in [2.24, 2.45) is 5.10 Å².